The zero-order valence-corrected chi connectivity index (χ0v) is 26.2. The molecule has 3 amide bonds. The lowest BCUT2D eigenvalue weighted by Crippen LogP contribution is -2.59. The van der Waals surface area contributed by atoms with Crippen molar-refractivity contribution in [1.29, 1.82) is 0 Å². The molecule has 8 nitrogen and oxygen atoms in total. The Morgan fingerprint density at radius 1 is 1.14 bits per heavy atom. The van der Waals surface area contributed by atoms with Crippen LogP contribution in [-0.2, 0) is 19.1 Å². The largest absolute Gasteiger partial charge is 0.394 e. The monoisotopic (exact) mass is 599 g/mol. The van der Waals surface area contributed by atoms with E-state index in [1.165, 1.54) is 0 Å². The van der Waals surface area contributed by atoms with E-state index in [-0.39, 0.29) is 36.8 Å². The van der Waals surface area contributed by atoms with Gasteiger partial charge in [0.1, 0.15) is 11.6 Å². The second-order valence-electron chi connectivity index (χ2n) is 12.3. The maximum absolute atomic E-state index is 14.8. The van der Waals surface area contributed by atoms with Crippen molar-refractivity contribution in [3.8, 4) is 0 Å². The number of likely N-dealkylation sites (tertiary alicyclic amines) is 1. The first-order valence-electron chi connectivity index (χ1n) is 15.3. The zero-order valence-electron chi connectivity index (χ0n) is 25.4. The first-order chi connectivity index (χ1) is 20.0. The average molecular weight is 600 g/mol. The molecule has 1 aromatic rings. The van der Waals surface area contributed by atoms with Crippen LogP contribution in [0.4, 0.5) is 5.69 Å². The molecule has 1 N–H and O–H groups in total. The normalized spacial score (nSPS) is 28.6. The highest BCUT2D eigenvalue weighted by molar-refractivity contribution is 6.30. The minimum absolute atomic E-state index is 0.128. The summed E-state index contributed by atoms with van der Waals surface area (Å²) in [6, 6.07) is 5.36. The van der Waals surface area contributed by atoms with Gasteiger partial charge in [-0.25, -0.2) is 0 Å². The van der Waals surface area contributed by atoms with Crippen molar-refractivity contribution in [2.75, 3.05) is 31.1 Å². The molecule has 3 saturated heterocycles. The fourth-order valence-electron chi connectivity index (χ4n) is 7.66. The number of halogens is 1. The molecule has 9 heteroatoms. The van der Waals surface area contributed by atoms with Crippen LogP contribution >= 0.6 is 11.6 Å². The molecule has 2 unspecified atom stereocenters. The summed E-state index contributed by atoms with van der Waals surface area (Å²) in [7, 11) is 0. The smallest absolute Gasteiger partial charge is 0.253 e. The van der Waals surface area contributed by atoms with Gasteiger partial charge >= 0.3 is 0 Å². The van der Waals surface area contributed by atoms with E-state index in [4.69, 9.17) is 16.3 Å². The van der Waals surface area contributed by atoms with Crippen LogP contribution in [0, 0.1) is 17.8 Å². The molecular formula is C33H46ClN3O5. The Kier molecular flexibility index (Phi) is 9.90. The highest BCUT2D eigenvalue weighted by Gasteiger charge is 2.79. The summed E-state index contributed by atoms with van der Waals surface area (Å²) in [5.74, 6) is -2.12. The number of aliphatic hydroxyl groups excluding tert-OH is 1. The second kappa shape index (κ2) is 12.9. The minimum atomic E-state index is -1.19. The molecule has 1 aromatic carbocycles. The van der Waals surface area contributed by atoms with Gasteiger partial charge in [0.15, 0.2) is 0 Å². The highest BCUT2D eigenvalue weighted by Crippen LogP contribution is 2.65. The number of fused-ring (bicyclic) bond motifs is 1. The predicted octanol–water partition coefficient (Wildman–Crippen LogP) is 4.85. The number of amides is 3. The molecule has 3 heterocycles. The van der Waals surface area contributed by atoms with Crippen LogP contribution in [0.3, 0.4) is 0 Å². The third-order valence-electron chi connectivity index (χ3n) is 9.34. The fourth-order valence-corrected chi connectivity index (χ4v) is 7.78. The van der Waals surface area contributed by atoms with Gasteiger partial charge < -0.3 is 24.5 Å². The van der Waals surface area contributed by atoms with Crippen molar-refractivity contribution in [3.05, 3.63) is 54.6 Å². The van der Waals surface area contributed by atoms with Crippen molar-refractivity contribution >= 4 is 35.0 Å². The van der Waals surface area contributed by atoms with E-state index in [1.54, 1.807) is 51.1 Å². The third kappa shape index (κ3) is 5.31. The number of hydrogen-bond acceptors (Lipinski definition) is 5. The first kappa shape index (κ1) is 32.2. The van der Waals surface area contributed by atoms with Crippen molar-refractivity contribution in [2.45, 2.75) is 83.1 Å². The summed E-state index contributed by atoms with van der Waals surface area (Å²) >= 11 is 6.16. The van der Waals surface area contributed by atoms with Crippen LogP contribution in [0.5, 0.6) is 0 Å². The Morgan fingerprint density at radius 2 is 1.81 bits per heavy atom. The van der Waals surface area contributed by atoms with E-state index in [2.05, 4.69) is 13.2 Å². The van der Waals surface area contributed by atoms with Crippen molar-refractivity contribution in [1.82, 2.24) is 9.80 Å². The summed E-state index contributed by atoms with van der Waals surface area (Å²) < 4.78 is 6.97. The van der Waals surface area contributed by atoms with Crippen LogP contribution < -0.4 is 4.90 Å². The summed E-state index contributed by atoms with van der Waals surface area (Å²) in [5.41, 5.74) is -1.41. The molecule has 0 aromatic heterocycles. The molecule has 3 aliphatic heterocycles. The summed E-state index contributed by atoms with van der Waals surface area (Å²) in [4.78, 5) is 48.7. The van der Waals surface area contributed by atoms with E-state index >= 15 is 0 Å². The molecule has 3 fully saturated rings. The summed E-state index contributed by atoms with van der Waals surface area (Å²) in [6.45, 7) is 16.6. The zero-order chi connectivity index (χ0) is 30.8. The van der Waals surface area contributed by atoms with Gasteiger partial charge in [0.05, 0.1) is 30.1 Å². The second-order valence-corrected chi connectivity index (χ2v) is 12.8. The summed E-state index contributed by atoms with van der Waals surface area (Å²) in [6.07, 6.45) is 6.22. The van der Waals surface area contributed by atoms with Crippen molar-refractivity contribution in [2.24, 2.45) is 17.8 Å². The topological polar surface area (TPSA) is 90.4 Å². The Hall–Kier alpha value is -2.68. The Morgan fingerprint density at radius 3 is 2.36 bits per heavy atom. The van der Waals surface area contributed by atoms with E-state index in [9.17, 15) is 19.5 Å². The maximum atomic E-state index is 14.8. The fraction of sp³-hybridized carbons (Fsp3) is 0.606. The van der Waals surface area contributed by atoms with Crippen LogP contribution in [-0.4, -0.2) is 82.2 Å². The molecule has 6 atom stereocenters. The predicted molar refractivity (Wildman–Crippen MR) is 165 cm³/mol. The Labute approximate surface area is 255 Å². The number of benzene rings is 1. The lowest BCUT2D eigenvalue weighted by Gasteiger charge is -2.40. The van der Waals surface area contributed by atoms with E-state index in [0.717, 1.165) is 6.42 Å². The van der Waals surface area contributed by atoms with E-state index in [0.29, 0.717) is 49.5 Å². The Balaban J connectivity index is 1.88. The van der Waals surface area contributed by atoms with Gasteiger partial charge in [0.2, 0.25) is 11.8 Å². The number of aliphatic hydroxyl groups is 1. The maximum Gasteiger partial charge on any atom is 0.253 e. The van der Waals surface area contributed by atoms with Crippen LogP contribution in [0.15, 0.2) is 49.6 Å². The Bertz CT molecular complexity index is 1190. The molecule has 42 heavy (non-hydrogen) atoms. The highest BCUT2D eigenvalue weighted by atomic mass is 35.5. The molecular weight excluding hydrogens is 554 g/mol. The van der Waals surface area contributed by atoms with Gasteiger partial charge in [-0.05, 0) is 62.3 Å². The molecule has 0 saturated carbocycles. The standard InChI is InChI=1S/C33H46ClN3O5/c1-7-17-35(18-8-2)29(39)26-27-30(40)37(25(21-38)20-22(5)6)28(33(27)16-15-32(26,10-4)42-33)31(41)36(19-9-3)24-13-11-23(34)12-14-24/h7,9,11-14,22,25-28,38H,1,3,8,10,15-21H2,2,4-6H3/t25-,26-,27+,28?,32+,33?/m1/s1. The van der Waals surface area contributed by atoms with Crippen LogP contribution in [0.1, 0.15) is 59.8 Å². The number of nitrogens with zero attached hydrogens (tertiary/aromatic N) is 3. The number of anilines is 1. The lowest BCUT2D eigenvalue weighted by molar-refractivity contribution is -0.154. The quantitative estimate of drug-likeness (QED) is 0.309. The number of carbonyl (C=O) groups is 3. The molecule has 230 valence electrons. The molecule has 1 spiro atoms. The lowest BCUT2D eigenvalue weighted by atomic mass is 9.64. The molecule has 2 bridgehead atoms. The number of carbonyl (C=O) groups excluding carboxylic acids is 3. The van der Waals surface area contributed by atoms with Crippen LogP contribution in [0.2, 0.25) is 5.02 Å². The molecule has 0 radical (unpaired) electrons. The van der Waals surface area contributed by atoms with Crippen LogP contribution in [0.25, 0.3) is 0 Å². The number of rotatable bonds is 14. The van der Waals surface area contributed by atoms with Gasteiger partial charge in [-0.1, -0.05) is 51.4 Å². The SMILES string of the molecule is C=CCN(CCC)C(=O)[C@H]1[C@H]2C(=O)N([C@@H](CO)CC(C)C)C(C(=O)N(CC=C)c3ccc(Cl)cc3)C23CC[C@]1(CC)O3. The van der Waals surface area contributed by atoms with Gasteiger partial charge in [0.25, 0.3) is 5.91 Å². The van der Waals surface area contributed by atoms with E-state index in [1.807, 2.05) is 27.7 Å². The van der Waals surface area contributed by atoms with Gasteiger partial charge in [0, 0.05) is 30.3 Å². The minimum Gasteiger partial charge on any atom is -0.394 e. The van der Waals surface area contributed by atoms with Gasteiger partial charge in [-0.3, -0.25) is 14.4 Å². The number of ether oxygens (including phenoxy) is 1. The summed E-state index contributed by atoms with van der Waals surface area (Å²) in [5, 5.41) is 11.1. The first-order valence-corrected chi connectivity index (χ1v) is 15.6. The molecule has 4 rings (SSSR count). The van der Waals surface area contributed by atoms with E-state index < -0.39 is 35.1 Å². The van der Waals surface area contributed by atoms with Gasteiger partial charge in [-0.2, -0.15) is 0 Å². The van der Waals surface area contributed by atoms with Crippen molar-refractivity contribution in [3.63, 3.8) is 0 Å². The average Bonchev–Trinajstić information content (AvgIpc) is 3.58. The number of hydrogen-bond donors (Lipinski definition) is 1. The molecule has 3 aliphatic rings. The van der Waals surface area contributed by atoms with Gasteiger partial charge in [-0.15, -0.1) is 13.2 Å². The molecule has 0 aliphatic carbocycles. The van der Waals surface area contributed by atoms with Crippen molar-refractivity contribution < 1.29 is 24.2 Å². The third-order valence-corrected chi connectivity index (χ3v) is 9.59.